The van der Waals surface area contributed by atoms with E-state index in [2.05, 4.69) is 0 Å². The summed E-state index contributed by atoms with van der Waals surface area (Å²) in [6, 6.07) is 20.0. The van der Waals surface area contributed by atoms with Crippen LogP contribution in [0.2, 0.25) is 0 Å². The Balaban J connectivity index is 2.43. The molecule has 2 aromatic carbocycles. The zero-order chi connectivity index (χ0) is 13.5. The van der Waals surface area contributed by atoms with E-state index in [1.165, 1.54) is 5.23 Å². The van der Waals surface area contributed by atoms with Crippen LogP contribution in [0.15, 0.2) is 60.7 Å². The van der Waals surface area contributed by atoms with Gasteiger partial charge in [0.15, 0.2) is 0 Å². The predicted octanol–water partition coefficient (Wildman–Crippen LogP) is 3.61. The minimum absolute atomic E-state index is 0.844. The molecule has 2 rings (SSSR count). The molecule has 0 N–H and O–H groups in total. The van der Waals surface area contributed by atoms with Crippen molar-refractivity contribution in [1.82, 2.24) is 5.23 Å². The molecule has 0 saturated heterocycles. The summed E-state index contributed by atoms with van der Waals surface area (Å²) >= 11 is 0. The van der Waals surface area contributed by atoms with Gasteiger partial charge in [0.2, 0.25) is 0 Å². The van der Waals surface area contributed by atoms with Gasteiger partial charge in [-0.3, -0.25) is 9.68 Å². The molecule has 0 fully saturated rings. The van der Waals surface area contributed by atoms with Crippen LogP contribution in [0.5, 0.6) is 0 Å². The molecule has 0 aliphatic rings. The minimum Gasteiger partial charge on any atom is -0.252 e. The lowest BCUT2D eigenvalue weighted by Gasteiger charge is -2.21. The highest BCUT2D eigenvalue weighted by Gasteiger charge is 2.11. The lowest BCUT2D eigenvalue weighted by molar-refractivity contribution is -0.296. The maximum atomic E-state index is 5.23. The topological polar surface area (TPSA) is 21.7 Å². The first-order valence-corrected chi connectivity index (χ1v) is 6.05. The van der Waals surface area contributed by atoms with E-state index in [9.17, 15) is 0 Å². The fourth-order valence-electron chi connectivity index (χ4n) is 1.83. The van der Waals surface area contributed by atoms with Gasteiger partial charge in [-0.1, -0.05) is 60.7 Å². The lowest BCUT2D eigenvalue weighted by atomic mass is 10.1. The SMILES string of the molecule is CON(OC)C(=Cc1ccccc1)c1ccccc1. The van der Waals surface area contributed by atoms with E-state index >= 15 is 0 Å². The van der Waals surface area contributed by atoms with E-state index < -0.39 is 0 Å². The van der Waals surface area contributed by atoms with Crippen molar-refractivity contribution < 1.29 is 9.68 Å². The molecule has 0 saturated carbocycles. The van der Waals surface area contributed by atoms with Crippen LogP contribution < -0.4 is 0 Å². The van der Waals surface area contributed by atoms with Crippen molar-refractivity contribution in [3.05, 3.63) is 71.8 Å². The summed E-state index contributed by atoms with van der Waals surface area (Å²) < 4.78 is 0. The molecule has 3 heteroatoms. The third-order valence-electron chi connectivity index (χ3n) is 2.70. The molecule has 0 aliphatic heterocycles. The summed E-state index contributed by atoms with van der Waals surface area (Å²) in [7, 11) is 3.15. The number of hydrogen-bond donors (Lipinski definition) is 0. The standard InChI is InChI=1S/C16H17NO2/c1-18-17(19-2)16(15-11-7-4-8-12-15)13-14-9-5-3-6-10-14/h3-13H,1-2H3. The number of hydroxylamine groups is 2. The van der Waals surface area contributed by atoms with E-state index in [-0.39, 0.29) is 0 Å². The van der Waals surface area contributed by atoms with Gasteiger partial charge in [-0.15, -0.1) is 5.23 Å². The maximum Gasteiger partial charge on any atom is 0.102 e. The van der Waals surface area contributed by atoms with Crippen LogP contribution in [0.1, 0.15) is 11.1 Å². The normalized spacial score (nSPS) is 11.4. The Labute approximate surface area is 113 Å². The Morgan fingerprint density at radius 1 is 0.842 bits per heavy atom. The lowest BCUT2D eigenvalue weighted by Crippen LogP contribution is -2.19. The van der Waals surface area contributed by atoms with Crippen molar-refractivity contribution in [1.29, 1.82) is 0 Å². The van der Waals surface area contributed by atoms with Gasteiger partial charge in [0.1, 0.15) is 5.70 Å². The van der Waals surface area contributed by atoms with Crippen molar-refractivity contribution in [3.63, 3.8) is 0 Å². The first-order valence-electron chi connectivity index (χ1n) is 6.05. The van der Waals surface area contributed by atoms with Gasteiger partial charge in [-0.05, 0) is 11.6 Å². The van der Waals surface area contributed by atoms with Gasteiger partial charge >= 0.3 is 0 Å². The van der Waals surface area contributed by atoms with Crippen LogP contribution in [0, 0.1) is 0 Å². The fourth-order valence-corrected chi connectivity index (χ4v) is 1.83. The molecule has 2 aromatic rings. The zero-order valence-electron chi connectivity index (χ0n) is 11.1. The average Bonchev–Trinajstić information content (AvgIpc) is 2.49. The molecule has 0 bridgehead atoms. The molecular weight excluding hydrogens is 238 g/mol. The van der Waals surface area contributed by atoms with Gasteiger partial charge < -0.3 is 0 Å². The second kappa shape index (κ2) is 6.73. The molecule has 0 atom stereocenters. The minimum atomic E-state index is 0.844. The predicted molar refractivity (Wildman–Crippen MR) is 76.6 cm³/mol. The number of nitrogens with zero attached hydrogens (tertiary/aromatic N) is 1. The van der Waals surface area contributed by atoms with E-state index in [1.807, 2.05) is 66.7 Å². The Bertz CT molecular complexity index is 519. The molecule has 0 aliphatic carbocycles. The van der Waals surface area contributed by atoms with Crippen molar-refractivity contribution >= 4 is 11.8 Å². The van der Waals surface area contributed by atoms with Crippen molar-refractivity contribution in [2.75, 3.05) is 14.2 Å². The highest BCUT2D eigenvalue weighted by atomic mass is 16.9. The van der Waals surface area contributed by atoms with Crippen LogP contribution in [-0.2, 0) is 9.68 Å². The first kappa shape index (κ1) is 13.3. The van der Waals surface area contributed by atoms with Crippen molar-refractivity contribution in [3.8, 4) is 0 Å². The highest BCUT2D eigenvalue weighted by Crippen LogP contribution is 2.22. The van der Waals surface area contributed by atoms with Crippen LogP contribution in [0.4, 0.5) is 0 Å². The molecular formula is C16H17NO2. The molecule has 0 spiro atoms. The monoisotopic (exact) mass is 255 g/mol. The second-order valence-corrected chi connectivity index (χ2v) is 3.93. The van der Waals surface area contributed by atoms with Crippen molar-refractivity contribution in [2.45, 2.75) is 0 Å². The van der Waals surface area contributed by atoms with Gasteiger partial charge in [0.25, 0.3) is 0 Å². The molecule has 0 aromatic heterocycles. The van der Waals surface area contributed by atoms with E-state index in [1.54, 1.807) is 14.2 Å². The van der Waals surface area contributed by atoms with E-state index in [4.69, 9.17) is 9.68 Å². The maximum absolute atomic E-state index is 5.23. The summed E-state index contributed by atoms with van der Waals surface area (Å²) in [5.74, 6) is 0. The van der Waals surface area contributed by atoms with Crippen LogP contribution in [-0.4, -0.2) is 19.4 Å². The average molecular weight is 255 g/mol. The molecule has 0 unspecified atom stereocenters. The quantitative estimate of drug-likeness (QED) is 0.602. The van der Waals surface area contributed by atoms with E-state index in [0.717, 1.165) is 16.8 Å². The van der Waals surface area contributed by atoms with Gasteiger partial charge in [0, 0.05) is 5.56 Å². The second-order valence-electron chi connectivity index (χ2n) is 3.93. The van der Waals surface area contributed by atoms with Gasteiger partial charge in [-0.25, -0.2) is 0 Å². The Kier molecular flexibility index (Phi) is 4.72. The number of rotatable bonds is 5. The first-order chi connectivity index (χ1) is 9.35. The van der Waals surface area contributed by atoms with Crippen LogP contribution in [0.25, 0.3) is 11.8 Å². The summed E-state index contributed by atoms with van der Waals surface area (Å²) in [4.78, 5) is 10.5. The van der Waals surface area contributed by atoms with Crippen LogP contribution in [0.3, 0.4) is 0 Å². The molecule has 0 heterocycles. The summed E-state index contributed by atoms with van der Waals surface area (Å²) in [6.45, 7) is 0. The zero-order valence-corrected chi connectivity index (χ0v) is 11.1. The van der Waals surface area contributed by atoms with E-state index in [0.29, 0.717) is 0 Å². The molecule has 0 radical (unpaired) electrons. The molecule has 98 valence electrons. The highest BCUT2D eigenvalue weighted by molar-refractivity contribution is 5.79. The van der Waals surface area contributed by atoms with Crippen LogP contribution >= 0.6 is 0 Å². The Morgan fingerprint density at radius 2 is 1.37 bits per heavy atom. The smallest absolute Gasteiger partial charge is 0.102 e. The largest absolute Gasteiger partial charge is 0.252 e. The third kappa shape index (κ3) is 3.44. The Hall–Kier alpha value is -2.10. The van der Waals surface area contributed by atoms with Crippen molar-refractivity contribution in [2.24, 2.45) is 0 Å². The summed E-state index contributed by atoms with van der Waals surface area (Å²) in [5, 5.41) is 1.39. The number of benzene rings is 2. The van der Waals surface area contributed by atoms with Gasteiger partial charge in [0.05, 0.1) is 14.2 Å². The Morgan fingerprint density at radius 3 is 1.89 bits per heavy atom. The summed E-state index contributed by atoms with van der Waals surface area (Å²) in [5.41, 5.74) is 2.95. The summed E-state index contributed by atoms with van der Waals surface area (Å²) in [6.07, 6.45) is 2.02. The molecule has 0 amide bonds. The fraction of sp³-hybridized carbons (Fsp3) is 0.125. The molecule has 19 heavy (non-hydrogen) atoms. The molecule has 3 nitrogen and oxygen atoms in total. The van der Waals surface area contributed by atoms with Gasteiger partial charge in [-0.2, -0.15) is 0 Å². The number of hydrogen-bond acceptors (Lipinski definition) is 3. The third-order valence-corrected chi connectivity index (χ3v) is 2.70.